The first-order valence-electron chi connectivity index (χ1n) is 9.24. The summed E-state index contributed by atoms with van der Waals surface area (Å²) in [4.78, 5) is 10.4. The van der Waals surface area contributed by atoms with Crippen LogP contribution < -0.4 is 0 Å². The molecule has 0 aromatic heterocycles. The smallest absolute Gasteiger partial charge is 0.332 e. The van der Waals surface area contributed by atoms with Gasteiger partial charge in [-0.3, -0.25) is 0 Å². The lowest BCUT2D eigenvalue weighted by Gasteiger charge is -2.05. The van der Waals surface area contributed by atoms with Crippen LogP contribution in [0, 0.1) is 0 Å². The highest BCUT2D eigenvalue weighted by Gasteiger charge is 2.11. The van der Waals surface area contributed by atoms with Crippen LogP contribution in [0.3, 0.4) is 0 Å². The van der Waals surface area contributed by atoms with Crippen molar-refractivity contribution in [3.8, 4) is 0 Å². The quantitative estimate of drug-likeness (QED) is 0.293. The number of aliphatic hydroxyl groups excluding tert-OH is 1. The van der Waals surface area contributed by atoms with Gasteiger partial charge in [0.05, 0.1) is 0 Å². The molecule has 0 heterocycles. The van der Waals surface area contributed by atoms with Crippen LogP contribution in [0.5, 0.6) is 0 Å². The topological polar surface area (TPSA) is 57.5 Å². The van der Waals surface area contributed by atoms with E-state index in [1.807, 2.05) is 0 Å². The minimum atomic E-state index is -1.17. The third-order valence-corrected chi connectivity index (χ3v) is 4.02. The number of carboxylic acids is 1. The van der Waals surface area contributed by atoms with Gasteiger partial charge in [0.1, 0.15) is 0 Å². The molecule has 2 N–H and O–H groups in total. The van der Waals surface area contributed by atoms with E-state index < -0.39 is 12.1 Å². The summed E-state index contributed by atoms with van der Waals surface area (Å²) >= 11 is 0. The fraction of sp³-hybridized carbons (Fsp3) is 0.842. The van der Waals surface area contributed by atoms with Crippen molar-refractivity contribution < 1.29 is 15.0 Å². The van der Waals surface area contributed by atoms with E-state index in [2.05, 4.69) is 19.1 Å². The second-order valence-electron chi connectivity index (χ2n) is 6.23. The SMILES string of the molecule is CCCCC/C=C/CCCCCCCCCCC(O)C(=O)O. The van der Waals surface area contributed by atoms with Crippen LogP contribution in [-0.4, -0.2) is 22.3 Å². The molecule has 22 heavy (non-hydrogen) atoms. The predicted octanol–water partition coefficient (Wildman–Crippen LogP) is 5.47. The van der Waals surface area contributed by atoms with Crippen molar-refractivity contribution in [1.29, 1.82) is 0 Å². The van der Waals surface area contributed by atoms with Crippen molar-refractivity contribution in [2.45, 2.75) is 103 Å². The maximum atomic E-state index is 10.4. The van der Waals surface area contributed by atoms with Gasteiger partial charge in [0.15, 0.2) is 6.10 Å². The Labute approximate surface area is 136 Å². The van der Waals surface area contributed by atoms with E-state index >= 15 is 0 Å². The highest BCUT2D eigenvalue weighted by molar-refractivity contribution is 5.71. The molecule has 1 atom stereocenters. The minimum absolute atomic E-state index is 0.389. The standard InChI is InChI=1S/C19H36O3/c1-2-3-4-5-6-7-8-9-10-11-12-13-14-15-16-17-18(20)19(21)22/h6-7,18,20H,2-5,8-17H2,1H3,(H,21,22)/b7-6+. The Morgan fingerprint density at radius 2 is 1.27 bits per heavy atom. The first-order chi connectivity index (χ1) is 10.7. The lowest BCUT2D eigenvalue weighted by molar-refractivity contribution is -0.146. The fourth-order valence-corrected chi connectivity index (χ4v) is 2.53. The molecule has 0 aliphatic rings. The molecule has 0 rings (SSSR count). The monoisotopic (exact) mass is 312 g/mol. The van der Waals surface area contributed by atoms with Gasteiger partial charge in [0.2, 0.25) is 0 Å². The highest BCUT2D eigenvalue weighted by Crippen LogP contribution is 2.12. The maximum absolute atomic E-state index is 10.4. The summed E-state index contributed by atoms with van der Waals surface area (Å²) in [5.74, 6) is -1.10. The average Bonchev–Trinajstić information content (AvgIpc) is 2.50. The summed E-state index contributed by atoms with van der Waals surface area (Å²) in [6.45, 7) is 2.24. The summed E-state index contributed by atoms with van der Waals surface area (Å²) in [6.07, 6.45) is 19.8. The van der Waals surface area contributed by atoms with Crippen molar-refractivity contribution in [3.05, 3.63) is 12.2 Å². The van der Waals surface area contributed by atoms with Gasteiger partial charge >= 0.3 is 5.97 Å². The van der Waals surface area contributed by atoms with Crippen molar-refractivity contribution >= 4 is 5.97 Å². The third kappa shape index (κ3) is 15.6. The van der Waals surface area contributed by atoms with E-state index in [-0.39, 0.29) is 0 Å². The number of aliphatic carboxylic acids is 1. The Kier molecular flexibility index (Phi) is 15.9. The van der Waals surface area contributed by atoms with Gasteiger partial charge in [-0.25, -0.2) is 4.79 Å². The lowest BCUT2D eigenvalue weighted by atomic mass is 10.0. The molecule has 0 amide bonds. The van der Waals surface area contributed by atoms with E-state index in [0.29, 0.717) is 6.42 Å². The zero-order chi connectivity index (χ0) is 16.5. The number of carboxylic acid groups (broad SMARTS) is 1. The maximum Gasteiger partial charge on any atom is 0.332 e. The van der Waals surface area contributed by atoms with E-state index in [9.17, 15) is 4.79 Å². The second-order valence-corrected chi connectivity index (χ2v) is 6.23. The second kappa shape index (κ2) is 16.5. The normalized spacial score (nSPS) is 12.8. The Balaban J connectivity index is 3.13. The number of unbranched alkanes of at least 4 members (excludes halogenated alkanes) is 11. The van der Waals surface area contributed by atoms with Gasteiger partial charge in [-0.15, -0.1) is 0 Å². The predicted molar refractivity (Wildman–Crippen MR) is 93.1 cm³/mol. The molecule has 1 unspecified atom stereocenters. The molecular formula is C19H36O3. The number of rotatable bonds is 16. The molecule has 0 saturated carbocycles. The fourth-order valence-electron chi connectivity index (χ4n) is 2.53. The molecule has 3 nitrogen and oxygen atoms in total. The van der Waals surface area contributed by atoms with Crippen molar-refractivity contribution in [2.75, 3.05) is 0 Å². The number of aliphatic hydroxyl groups is 1. The minimum Gasteiger partial charge on any atom is -0.479 e. The zero-order valence-corrected chi connectivity index (χ0v) is 14.4. The number of allylic oxidation sites excluding steroid dienone is 2. The van der Waals surface area contributed by atoms with E-state index in [4.69, 9.17) is 10.2 Å². The number of hydrogen-bond donors (Lipinski definition) is 2. The third-order valence-electron chi connectivity index (χ3n) is 4.02. The van der Waals surface area contributed by atoms with Crippen molar-refractivity contribution in [3.63, 3.8) is 0 Å². The zero-order valence-electron chi connectivity index (χ0n) is 14.4. The molecule has 0 aliphatic heterocycles. The molecule has 0 saturated heterocycles. The van der Waals surface area contributed by atoms with Crippen LogP contribution in [0.25, 0.3) is 0 Å². The van der Waals surface area contributed by atoms with Crippen molar-refractivity contribution in [1.82, 2.24) is 0 Å². The Bertz CT molecular complexity index is 274. The summed E-state index contributed by atoms with van der Waals surface area (Å²) in [5, 5.41) is 17.7. The molecule has 0 radical (unpaired) electrons. The average molecular weight is 312 g/mol. The Morgan fingerprint density at radius 1 is 0.818 bits per heavy atom. The van der Waals surface area contributed by atoms with Gasteiger partial charge in [0, 0.05) is 0 Å². The molecule has 0 bridgehead atoms. The van der Waals surface area contributed by atoms with Gasteiger partial charge in [-0.1, -0.05) is 76.9 Å². The number of carbonyl (C=O) groups is 1. The van der Waals surface area contributed by atoms with Crippen LogP contribution >= 0.6 is 0 Å². The van der Waals surface area contributed by atoms with E-state index in [1.165, 1.54) is 64.2 Å². The van der Waals surface area contributed by atoms with Gasteiger partial charge < -0.3 is 10.2 Å². The van der Waals surface area contributed by atoms with Crippen LogP contribution in [0.4, 0.5) is 0 Å². The summed E-state index contributed by atoms with van der Waals surface area (Å²) < 4.78 is 0. The lowest BCUT2D eigenvalue weighted by Crippen LogP contribution is -2.18. The number of hydrogen-bond acceptors (Lipinski definition) is 2. The van der Waals surface area contributed by atoms with E-state index in [0.717, 1.165) is 19.3 Å². The van der Waals surface area contributed by atoms with Crippen LogP contribution in [0.15, 0.2) is 12.2 Å². The largest absolute Gasteiger partial charge is 0.479 e. The molecule has 0 aliphatic carbocycles. The van der Waals surface area contributed by atoms with Crippen molar-refractivity contribution in [2.24, 2.45) is 0 Å². The van der Waals surface area contributed by atoms with Gasteiger partial charge in [-0.2, -0.15) is 0 Å². The summed E-state index contributed by atoms with van der Waals surface area (Å²) in [6, 6.07) is 0. The molecule has 3 heteroatoms. The highest BCUT2D eigenvalue weighted by atomic mass is 16.4. The first-order valence-corrected chi connectivity index (χ1v) is 9.24. The first kappa shape index (κ1) is 21.2. The summed E-state index contributed by atoms with van der Waals surface area (Å²) in [5.41, 5.74) is 0. The Morgan fingerprint density at radius 3 is 1.77 bits per heavy atom. The molecule has 0 aromatic carbocycles. The summed E-state index contributed by atoms with van der Waals surface area (Å²) in [7, 11) is 0. The van der Waals surface area contributed by atoms with E-state index in [1.54, 1.807) is 0 Å². The van der Waals surface area contributed by atoms with Crippen LogP contribution in [0.2, 0.25) is 0 Å². The van der Waals surface area contributed by atoms with Gasteiger partial charge in [0.25, 0.3) is 0 Å². The molecule has 0 fully saturated rings. The van der Waals surface area contributed by atoms with Crippen LogP contribution in [0.1, 0.15) is 96.8 Å². The van der Waals surface area contributed by atoms with Gasteiger partial charge in [-0.05, 0) is 32.1 Å². The molecule has 0 aromatic rings. The van der Waals surface area contributed by atoms with Crippen LogP contribution in [-0.2, 0) is 4.79 Å². The molecule has 130 valence electrons. The molecule has 0 spiro atoms. The Hall–Kier alpha value is -0.830. The molecular weight excluding hydrogens is 276 g/mol.